The lowest BCUT2D eigenvalue weighted by molar-refractivity contribution is 0.0659. The number of nitrogens with zero attached hydrogens (tertiary/aromatic N) is 2. The quantitative estimate of drug-likeness (QED) is 0.793. The lowest BCUT2D eigenvalue weighted by Gasteiger charge is -2.35. The summed E-state index contributed by atoms with van der Waals surface area (Å²) in [5.41, 5.74) is 5.97. The van der Waals surface area contributed by atoms with E-state index in [0.29, 0.717) is 13.1 Å². The smallest absolute Gasteiger partial charge is 0.256 e. The van der Waals surface area contributed by atoms with E-state index in [1.165, 1.54) is 12.3 Å². The molecule has 0 radical (unpaired) electrons. The average molecular weight is 237 g/mol. The molecule has 1 fully saturated rings. The van der Waals surface area contributed by atoms with Crippen molar-refractivity contribution in [2.75, 3.05) is 13.1 Å². The van der Waals surface area contributed by atoms with Crippen molar-refractivity contribution in [3.8, 4) is 0 Å². The third kappa shape index (κ3) is 2.44. The molecule has 1 aromatic rings. The van der Waals surface area contributed by atoms with Crippen LogP contribution in [0, 0.1) is 11.7 Å². The lowest BCUT2D eigenvalue weighted by atomic mass is 9.94. The first-order valence-electron chi connectivity index (χ1n) is 5.74. The zero-order valence-corrected chi connectivity index (χ0v) is 9.77. The number of piperidine rings is 1. The zero-order chi connectivity index (χ0) is 12.4. The van der Waals surface area contributed by atoms with Crippen molar-refractivity contribution in [3.63, 3.8) is 0 Å². The van der Waals surface area contributed by atoms with Crippen LogP contribution in [-0.2, 0) is 0 Å². The van der Waals surface area contributed by atoms with Gasteiger partial charge in [-0.05, 0) is 18.4 Å². The Morgan fingerprint density at radius 3 is 3.06 bits per heavy atom. The highest BCUT2D eigenvalue weighted by Gasteiger charge is 2.27. The molecule has 2 N–H and O–H groups in total. The fourth-order valence-electron chi connectivity index (χ4n) is 2.07. The first-order valence-corrected chi connectivity index (χ1v) is 5.74. The first kappa shape index (κ1) is 12.0. The van der Waals surface area contributed by atoms with Gasteiger partial charge in [0.2, 0.25) is 0 Å². The summed E-state index contributed by atoms with van der Waals surface area (Å²) in [5.74, 6) is -0.596. The maximum absolute atomic E-state index is 13.4. The van der Waals surface area contributed by atoms with Crippen LogP contribution >= 0.6 is 0 Å². The molecule has 17 heavy (non-hydrogen) atoms. The Labute approximate surface area is 99.6 Å². The SMILES string of the molecule is CC1CN(C(=O)c2ccncc2F)CCC1N. The van der Waals surface area contributed by atoms with Gasteiger partial charge in [0, 0.05) is 25.3 Å². The molecule has 0 spiro atoms. The Hall–Kier alpha value is -1.49. The molecule has 0 bridgehead atoms. The molecular formula is C12H16FN3O. The number of hydrogen-bond acceptors (Lipinski definition) is 3. The van der Waals surface area contributed by atoms with Gasteiger partial charge in [-0.3, -0.25) is 9.78 Å². The van der Waals surface area contributed by atoms with E-state index < -0.39 is 5.82 Å². The molecule has 1 saturated heterocycles. The number of carbonyl (C=O) groups is 1. The van der Waals surface area contributed by atoms with Gasteiger partial charge in [-0.2, -0.15) is 0 Å². The van der Waals surface area contributed by atoms with Gasteiger partial charge >= 0.3 is 0 Å². The molecule has 0 aliphatic carbocycles. The van der Waals surface area contributed by atoms with Gasteiger partial charge in [-0.25, -0.2) is 4.39 Å². The van der Waals surface area contributed by atoms with E-state index in [4.69, 9.17) is 5.73 Å². The van der Waals surface area contributed by atoms with Crippen molar-refractivity contribution >= 4 is 5.91 Å². The number of amides is 1. The van der Waals surface area contributed by atoms with Crippen LogP contribution in [0.2, 0.25) is 0 Å². The first-order chi connectivity index (χ1) is 8.09. The number of hydrogen-bond donors (Lipinski definition) is 1. The Bertz CT molecular complexity index is 424. The van der Waals surface area contributed by atoms with Crippen molar-refractivity contribution in [1.82, 2.24) is 9.88 Å². The number of pyridine rings is 1. The largest absolute Gasteiger partial charge is 0.338 e. The highest BCUT2D eigenvalue weighted by atomic mass is 19.1. The molecular weight excluding hydrogens is 221 g/mol. The molecule has 2 atom stereocenters. The molecule has 5 heteroatoms. The molecule has 1 aliphatic heterocycles. The molecule has 2 unspecified atom stereocenters. The molecule has 2 rings (SSSR count). The second kappa shape index (κ2) is 4.79. The fraction of sp³-hybridized carbons (Fsp3) is 0.500. The molecule has 0 aromatic carbocycles. The molecule has 1 amide bonds. The Morgan fingerprint density at radius 1 is 1.65 bits per heavy atom. The van der Waals surface area contributed by atoms with E-state index in [-0.39, 0.29) is 23.4 Å². The van der Waals surface area contributed by atoms with E-state index in [0.717, 1.165) is 12.6 Å². The van der Waals surface area contributed by atoms with Gasteiger partial charge in [0.25, 0.3) is 5.91 Å². The van der Waals surface area contributed by atoms with Crippen molar-refractivity contribution in [1.29, 1.82) is 0 Å². The van der Waals surface area contributed by atoms with E-state index >= 15 is 0 Å². The highest BCUT2D eigenvalue weighted by Crippen LogP contribution is 2.18. The Morgan fingerprint density at radius 2 is 2.41 bits per heavy atom. The van der Waals surface area contributed by atoms with Crippen LogP contribution in [0.3, 0.4) is 0 Å². The molecule has 1 aromatic heterocycles. The normalized spacial score (nSPS) is 24.8. The summed E-state index contributed by atoms with van der Waals surface area (Å²) in [6.45, 7) is 3.18. The van der Waals surface area contributed by atoms with E-state index in [9.17, 15) is 9.18 Å². The number of halogens is 1. The molecule has 1 aliphatic rings. The van der Waals surface area contributed by atoms with Crippen LogP contribution in [0.25, 0.3) is 0 Å². The summed E-state index contributed by atoms with van der Waals surface area (Å²) in [6.07, 6.45) is 3.25. The average Bonchev–Trinajstić information content (AvgIpc) is 2.32. The van der Waals surface area contributed by atoms with Crippen LogP contribution in [0.1, 0.15) is 23.7 Å². The zero-order valence-electron chi connectivity index (χ0n) is 9.77. The van der Waals surface area contributed by atoms with Gasteiger partial charge < -0.3 is 10.6 Å². The highest BCUT2D eigenvalue weighted by molar-refractivity contribution is 5.94. The molecule has 2 heterocycles. The van der Waals surface area contributed by atoms with Crippen LogP contribution in [0.4, 0.5) is 4.39 Å². The minimum absolute atomic E-state index is 0.0858. The van der Waals surface area contributed by atoms with Crippen molar-refractivity contribution in [2.24, 2.45) is 11.7 Å². The Kier molecular flexibility index (Phi) is 3.38. The number of nitrogens with two attached hydrogens (primary N) is 1. The van der Waals surface area contributed by atoms with E-state index in [1.807, 2.05) is 6.92 Å². The van der Waals surface area contributed by atoms with Crippen molar-refractivity contribution in [3.05, 3.63) is 29.8 Å². The van der Waals surface area contributed by atoms with Crippen LogP contribution in [0.5, 0.6) is 0 Å². The van der Waals surface area contributed by atoms with E-state index in [2.05, 4.69) is 4.98 Å². The third-order valence-corrected chi connectivity index (χ3v) is 3.26. The summed E-state index contributed by atoms with van der Waals surface area (Å²) in [6, 6.07) is 1.54. The topological polar surface area (TPSA) is 59.2 Å². The second-order valence-electron chi connectivity index (χ2n) is 4.54. The monoisotopic (exact) mass is 237 g/mol. The number of carbonyl (C=O) groups excluding carboxylic acids is 1. The molecule has 92 valence electrons. The minimum atomic E-state index is -0.569. The summed E-state index contributed by atoms with van der Waals surface area (Å²) < 4.78 is 13.4. The lowest BCUT2D eigenvalue weighted by Crippen LogP contribution is -2.48. The number of likely N-dealkylation sites (tertiary alicyclic amines) is 1. The fourth-order valence-corrected chi connectivity index (χ4v) is 2.07. The second-order valence-corrected chi connectivity index (χ2v) is 4.54. The van der Waals surface area contributed by atoms with Crippen molar-refractivity contribution in [2.45, 2.75) is 19.4 Å². The summed E-state index contributed by atoms with van der Waals surface area (Å²) in [7, 11) is 0. The van der Waals surface area contributed by atoms with Crippen LogP contribution in [0.15, 0.2) is 18.5 Å². The standard InChI is InChI=1S/C12H16FN3O/c1-8-7-16(5-3-11(8)14)12(17)9-2-4-15-6-10(9)13/h2,4,6,8,11H,3,5,7,14H2,1H3. The van der Waals surface area contributed by atoms with Crippen LogP contribution in [-0.4, -0.2) is 34.9 Å². The number of rotatable bonds is 1. The minimum Gasteiger partial charge on any atom is -0.338 e. The summed E-state index contributed by atoms with van der Waals surface area (Å²) in [4.78, 5) is 17.4. The van der Waals surface area contributed by atoms with Gasteiger partial charge in [0.1, 0.15) is 0 Å². The maximum Gasteiger partial charge on any atom is 0.256 e. The van der Waals surface area contributed by atoms with Gasteiger partial charge in [-0.1, -0.05) is 6.92 Å². The van der Waals surface area contributed by atoms with Gasteiger partial charge in [0.05, 0.1) is 11.8 Å². The van der Waals surface area contributed by atoms with Crippen molar-refractivity contribution < 1.29 is 9.18 Å². The Balaban J connectivity index is 2.14. The van der Waals surface area contributed by atoms with Gasteiger partial charge in [-0.15, -0.1) is 0 Å². The van der Waals surface area contributed by atoms with E-state index in [1.54, 1.807) is 4.90 Å². The van der Waals surface area contributed by atoms with Gasteiger partial charge in [0.15, 0.2) is 5.82 Å². The van der Waals surface area contributed by atoms with Crippen LogP contribution < -0.4 is 5.73 Å². The maximum atomic E-state index is 13.4. The third-order valence-electron chi connectivity index (χ3n) is 3.26. The summed E-state index contributed by atoms with van der Waals surface area (Å²) >= 11 is 0. The number of aromatic nitrogens is 1. The predicted octanol–water partition coefficient (Wildman–Crippen LogP) is 1.03. The predicted molar refractivity (Wildman–Crippen MR) is 61.9 cm³/mol. The molecule has 4 nitrogen and oxygen atoms in total. The summed E-state index contributed by atoms with van der Waals surface area (Å²) in [5, 5.41) is 0. The molecule has 0 saturated carbocycles.